The molecule has 2 aromatic carbocycles. The Hall–Kier alpha value is -2.72. The molecule has 2 nitrogen and oxygen atoms in total. The van der Waals surface area contributed by atoms with Crippen LogP contribution in [0.5, 0.6) is 0 Å². The van der Waals surface area contributed by atoms with E-state index in [2.05, 4.69) is 73.9 Å². The number of hydrogen-bond donors (Lipinski definition) is 0. The lowest BCUT2D eigenvalue weighted by atomic mass is 10.2. The van der Waals surface area contributed by atoms with Gasteiger partial charge in [0.2, 0.25) is 0 Å². The van der Waals surface area contributed by atoms with Crippen LogP contribution in [0.15, 0.2) is 52.9 Å². The molecule has 0 amide bonds. The summed E-state index contributed by atoms with van der Waals surface area (Å²) in [5.41, 5.74) is 7.36. The van der Waals surface area contributed by atoms with E-state index in [1.807, 2.05) is 68.0 Å². The molecule has 0 aliphatic rings. The van der Waals surface area contributed by atoms with Crippen molar-refractivity contribution < 1.29 is 4.42 Å². The SMILES string of the molecule is Cc1ccc(-n2c3cc(C)sc3c3sc4c5cc6sc7c8oc9cc(C)sc9c8sc7c6cc5sc4c32)cc1. The van der Waals surface area contributed by atoms with Gasteiger partial charge >= 0.3 is 0 Å². The number of fused-ring (bicyclic) bond motifs is 14. The number of aryl methyl sites for hydroxylation is 3. The van der Waals surface area contributed by atoms with Crippen molar-refractivity contribution in [2.24, 2.45) is 0 Å². The zero-order valence-electron chi connectivity index (χ0n) is 20.9. The Bertz CT molecular complexity index is 2630. The Kier molecular flexibility index (Phi) is 4.13. The summed E-state index contributed by atoms with van der Waals surface area (Å²) in [5.74, 6) is 0. The summed E-state index contributed by atoms with van der Waals surface area (Å²) in [6, 6.07) is 18.4. The number of thiophene rings is 6. The summed E-state index contributed by atoms with van der Waals surface area (Å²) in [4.78, 5) is 2.67. The first-order valence-corrected chi connectivity index (χ1v) is 17.6. The molecule has 0 unspecified atom stereocenters. The summed E-state index contributed by atoms with van der Waals surface area (Å²) in [7, 11) is 0. The van der Waals surface area contributed by atoms with Gasteiger partial charge < -0.3 is 8.98 Å². The van der Waals surface area contributed by atoms with Crippen LogP contribution in [-0.2, 0) is 0 Å². The molecule has 10 aromatic rings. The highest BCUT2D eigenvalue weighted by molar-refractivity contribution is 7.40. The van der Waals surface area contributed by atoms with Crippen molar-refractivity contribution in [3.8, 4) is 5.69 Å². The van der Waals surface area contributed by atoms with Gasteiger partial charge in [0, 0.05) is 35.6 Å². The van der Waals surface area contributed by atoms with Crippen molar-refractivity contribution in [3.63, 3.8) is 0 Å². The van der Waals surface area contributed by atoms with E-state index in [-0.39, 0.29) is 0 Å². The van der Waals surface area contributed by atoms with Gasteiger partial charge in [0.1, 0.15) is 5.58 Å². The predicted molar refractivity (Wildman–Crippen MR) is 180 cm³/mol. The average Bonchev–Trinajstić information content (AvgIpc) is 3.74. The van der Waals surface area contributed by atoms with Gasteiger partial charge in [-0.25, -0.2) is 0 Å². The van der Waals surface area contributed by atoms with Crippen LogP contribution in [0.4, 0.5) is 0 Å². The van der Waals surface area contributed by atoms with Crippen molar-refractivity contribution in [2.45, 2.75) is 20.8 Å². The third-order valence-corrected chi connectivity index (χ3v) is 15.1. The molecule has 8 aromatic heterocycles. The molecule has 0 saturated heterocycles. The minimum atomic E-state index is 1.04. The molecule has 39 heavy (non-hydrogen) atoms. The van der Waals surface area contributed by atoms with Gasteiger partial charge in [-0.05, 0) is 57.2 Å². The molecule has 0 bridgehead atoms. The Morgan fingerprint density at radius 3 is 1.97 bits per heavy atom. The maximum Gasteiger partial charge on any atom is 0.164 e. The maximum absolute atomic E-state index is 6.37. The third kappa shape index (κ3) is 2.75. The molecular formula is C31H17NOS6. The number of hydrogen-bond acceptors (Lipinski definition) is 7. The van der Waals surface area contributed by atoms with Crippen LogP contribution < -0.4 is 0 Å². The minimum absolute atomic E-state index is 1.04. The molecule has 0 N–H and O–H groups in total. The van der Waals surface area contributed by atoms with E-state index in [1.54, 1.807) is 0 Å². The molecule has 10 rings (SSSR count). The smallest absolute Gasteiger partial charge is 0.164 e. The first-order chi connectivity index (χ1) is 19.0. The fourth-order valence-electron chi connectivity index (χ4n) is 6.00. The summed E-state index contributed by atoms with van der Waals surface area (Å²) in [5, 5.41) is 2.76. The lowest BCUT2D eigenvalue weighted by Gasteiger charge is -2.06. The highest BCUT2D eigenvalue weighted by Crippen LogP contribution is 2.54. The van der Waals surface area contributed by atoms with E-state index in [1.165, 1.54) is 89.8 Å². The second-order valence-corrected chi connectivity index (χ2v) is 17.0. The first kappa shape index (κ1) is 22.0. The second-order valence-electron chi connectivity index (χ2n) is 10.3. The van der Waals surface area contributed by atoms with Crippen molar-refractivity contribution in [2.75, 3.05) is 0 Å². The molecule has 0 aliphatic carbocycles. The van der Waals surface area contributed by atoms with E-state index in [0.29, 0.717) is 0 Å². The van der Waals surface area contributed by atoms with Gasteiger partial charge in [0.15, 0.2) is 5.58 Å². The highest BCUT2D eigenvalue weighted by Gasteiger charge is 2.24. The van der Waals surface area contributed by atoms with Gasteiger partial charge in [-0.1, -0.05) is 17.7 Å². The van der Waals surface area contributed by atoms with E-state index < -0.39 is 0 Å². The Morgan fingerprint density at radius 2 is 1.18 bits per heavy atom. The number of aromatic nitrogens is 1. The fourth-order valence-corrected chi connectivity index (χ4v) is 13.6. The van der Waals surface area contributed by atoms with E-state index in [0.717, 1.165) is 11.2 Å². The van der Waals surface area contributed by atoms with Crippen LogP contribution in [0.3, 0.4) is 0 Å². The number of nitrogens with zero attached hydrogens (tertiary/aromatic N) is 1. The van der Waals surface area contributed by atoms with Gasteiger partial charge in [-0.15, -0.1) is 68.0 Å². The monoisotopic (exact) mass is 611 g/mol. The fraction of sp³-hybridized carbons (Fsp3) is 0.0968. The molecular weight excluding hydrogens is 595 g/mol. The van der Waals surface area contributed by atoms with Gasteiger partial charge in [0.25, 0.3) is 0 Å². The number of benzene rings is 2. The standard InChI is InChI=1S/C31H17NOS6/c1-12-4-6-15(7-5-12)32-18-8-13(2)34-26(18)29-22(32)28-24(38-29)16-10-21-17(11-20(16)36-28)25-30(37-21)23-31(39-25)27-19(33-23)9-14(3)35-27/h4-11H,1-3H3. The second kappa shape index (κ2) is 7.32. The van der Waals surface area contributed by atoms with Crippen LogP contribution in [0.1, 0.15) is 15.3 Å². The first-order valence-electron chi connectivity index (χ1n) is 12.7. The van der Waals surface area contributed by atoms with Gasteiger partial charge in [-0.2, -0.15) is 0 Å². The topological polar surface area (TPSA) is 18.1 Å². The zero-order chi connectivity index (χ0) is 25.7. The average molecular weight is 612 g/mol. The maximum atomic E-state index is 6.37. The minimum Gasteiger partial charge on any atom is -0.453 e. The zero-order valence-corrected chi connectivity index (χ0v) is 25.8. The third-order valence-electron chi connectivity index (χ3n) is 7.70. The summed E-state index contributed by atoms with van der Waals surface area (Å²) >= 11 is 11.5. The Balaban J connectivity index is 1.29. The normalized spacial score (nSPS) is 13.0. The van der Waals surface area contributed by atoms with E-state index in [4.69, 9.17) is 4.42 Å². The van der Waals surface area contributed by atoms with Crippen LogP contribution in [-0.4, -0.2) is 4.57 Å². The molecule has 8 heteroatoms. The Labute approximate surface area is 245 Å². The lowest BCUT2D eigenvalue weighted by molar-refractivity contribution is 0.674. The molecule has 0 atom stereocenters. The number of furan rings is 1. The lowest BCUT2D eigenvalue weighted by Crippen LogP contribution is -1.92. The van der Waals surface area contributed by atoms with Gasteiger partial charge in [-0.3, -0.25) is 0 Å². The van der Waals surface area contributed by atoms with Crippen molar-refractivity contribution in [1.82, 2.24) is 4.57 Å². The van der Waals surface area contributed by atoms with Crippen LogP contribution >= 0.6 is 68.0 Å². The predicted octanol–water partition coefficient (Wildman–Crippen LogP) is 12.6. The van der Waals surface area contributed by atoms with Crippen LogP contribution in [0.25, 0.3) is 85.7 Å². The summed E-state index contributed by atoms with van der Waals surface area (Å²) in [6.07, 6.45) is 0. The van der Waals surface area contributed by atoms with E-state index in [9.17, 15) is 0 Å². The molecule has 0 spiro atoms. The van der Waals surface area contributed by atoms with Gasteiger partial charge in [0.05, 0.1) is 48.6 Å². The summed E-state index contributed by atoms with van der Waals surface area (Å²) < 4.78 is 22.6. The quantitative estimate of drug-likeness (QED) is 0.181. The summed E-state index contributed by atoms with van der Waals surface area (Å²) in [6.45, 7) is 6.54. The Morgan fingerprint density at radius 1 is 0.564 bits per heavy atom. The molecule has 0 aliphatic heterocycles. The molecule has 0 fully saturated rings. The molecule has 8 heterocycles. The largest absolute Gasteiger partial charge is 0.453 e. The van der Waals surface area contributed by atoms with E-state index >= 15 is 0 Å². The van der Waals surface area contributed by atoms with Crippen LogP contribution in [0, 0.1) is 20.8 Å². The molecule has 0 radical (unpaired) electrons. The van der Waals surface area contributed by atoms with Crippen molar-refractivity contribution in [1.29, 1.82) is 0 Å². The molecule has 0 saturated carbocycles. The molecule has 188 valence electrons. The number of rotatable bonds is 1. The highest BCUT2D eigenvalue weighted by atomic mass is 32.1. The van der Waals surface area contributed by atoms with Crippen molar-refractivity contribution in [3.05, 3.63) is 63.8 Å². The van der Waals surface area contributed by atoms with Crippen LogP contribution in [0.2, 0.25) is 0 Å². The van der Waals surface area contributed by atoms with Crippen molar-refractivity contribution >= 4 is 148 Å².